The molecule has 0 saturated carbocycles. The summed E-state index contributed by atoms with van der Waals surface area (Å²) in [7, 11) is -9.21. The summed E-state index contributed by atoms with van der Waals surface area (Å²) < 4.78 is 72.6. The fourth-order valence-corrected chi connectivity index (χ4v) is 6.92. The first-order valence-corrected chi connectivity index (χ1v) is 16.3. The predicted molar refractivity (Wildman–Crippen MR) is 158 cm³/mol. The SMILES string of the molecule is C#CCCCC[N+]1=C(/C=C/C=C2/N(CC)c3ccc(S(=O)(=O)[O-])cc3C2(C)C)C(C)(C)c2cc(S(=O)(=O)[O-])ccc21.[K+]. The quantitative estimate of drug-likeness (QED) is 0.136. The van der Waals surface area contributed by atoms with Crippen molar-refractivity contribution in [3.8, 4) is 12.3 Å². The number of unbranched alkanes of at least 4 members (excludes halogenated alkanes) is 2. The van der Waals surface area contributed by atoms with Gasteiger partial charge in [-0.3, -0.25) is 0 Å². The average Bonchev–Trinajstić information content (AvgIpc) is 3.23. The topological polar surface area (TPSA) is 121 Å². The zero-order chi connectivity index (χ0) is 30.4. The minimum Gasteiger partial charge on any atom is -0.744 e. The second-order valence-electron chi connectivity index (χ2n) is 11.4. The molecule has 4 rings (SSSR count). The van der Waals surface area contributed by atoms with E-state index < -0.39 is 31.1 Å². The first kappa shape index (κ1) is 34.9. The maximum absolute atomic E-state index is 11.8. The third-order valence-corrected chi connectivity index (χ3v) is 9.74. The van der Waals surface area contributed by atoms with Gasteiger partial charge in [0.05, 0.1) is 15.2 Å². The monoisotopic (exact) mass is 634 g/mol. The number of likely N-dealkylation sites (N-methyl/N-ethyl adjacent to an activating group) is 1. The molecule has 11 heteroatoms. The van der Waals surface area contributed by atoms with Gasteiger partial charge in [0.1, 0.15) is 26.8 Å². The van der Waals surface area contributed by atoms with Crippen molar-refractivity contribution in [2.24, 2.45) is 0 Å². The van der Waals surface area contributed by atoms with Gasteiger partial charge >= 0.3 is 51.4 Å². The van der Waals surface area contributed by atoms with E-state index in [1.54, 1.807) is 12.1 Å². The van der Waals surface area contributed by atoms with E-state index in [0.29, 0.717) is 19.5 Å². The van der Waals surface area contributed by atoms with E-state index in [1.165, 1.54) is 24.3 Å². The van der Waals surface area contributed by atoms with Gasteiger partial charge in [0.15, 0.2) is 5.71 Å². The van der Waals surface area contributed by atoms with Crippen molar-refractivity contribution >= 4 is 37.3 Å². The van der Waals surface area contributed by atoms with Crippen LogP contribution in [0.2, 0.25) is 0 Å². The molecule has 2 aliphatic heterocycles. The standard InChI is InChI=1S/C31H36N2O6S2.K/c1-7-9-10-11-19-33-27-18-16-23(41(37,38)39)21-25(27)31(5,6)29(33)14-12-13-28-30(3,4)24-20-22(40(34,35)36)15-17-26(24)32(28)8-2;/h1,12-18,20-21H,8-11,19H2,2-6H3,(H-,34,35,36,37,38,39);/q;+1/p-1. The van der Waals surface area contributed by atoms with Gasteiger partial charge in [-0.2, -0.15) is 4.58 Å². The molecule has 0 N–H and O–H groups in total. The van der Waals surface area contributed by atoms with Crippen LogP contribution in [-0.4, -0.2) is 49.3 Å². The Morgan fingerprint density at radius 1 is 0.929 bits per heavy atom. The minimum atomic E-state index is -4.61. The molecule has 42 heavy (non-hydrogen) atoms. The molecular weight excluding hydrogens is 600 g/mol. The number of hydrogen-bond donors (Lipinski definition) is 0. The molecule has 0 fully saturated rings. The Kier molecular flexibility index (Phi) is 10.6. The molecule has 8 nitrogen and oxygen atoms in total. The van der Waals surface area contributed by atoms with Crippen LogP contribution in [0, 0.1) is 12.3 Å². The molecule has 2 aromatic rings. The van der Waals surface area contributed by atoms with Crippen LogP contribution in [-0.2, 0) is 31.1 Å². The summed E-state index contributed by atoms with van der Waals surface area (Å²) in [4.78, 5) is 1.59. The van der Waals surface area contributed by atoms with E-state index in [0.717, 1.165) is 46.8 Å². The normalized spacial score (nSPS) is 18.2. The zero-order valence-electron chi connectivity index (χ0n) is 25.0. The maximum Gasteiger partial charge on any atom is 1.00 e. The summed E-state index contributed by atoms with van der Waals surface area (Å²) in [5.74, 6) is 2.66. The molecule has 0 atom stereocenters. The van der Waals surface area contributed by atoms with Crippen LogP contribution in [0.1, 0.15) is 65.0 Å². The number of hydrogen-bond acceptors (Lipinski definition) is 7. The first-order chi connectivity index (χ1) is 19.0. The second kappa shape index (κ2) is 12.8. The molecule has 0 saturated heterocycles. The second-order valence-corrected chi connectivity index (χ2v) is 14.1. The van der Waals surface area contributed by atoms with Gasteiger partial charge in [0, 0.05) is 53.9 Å². The predicted octanol–water partition coefficient (Wildman–Crippen LogP) is 1.94. The van der Waals surface area contributed by atoms with Crippen molar-refractivity contribution < 1.29 is 81.9 Å². The van der Waals surface area contributed by atoms with E-state index in [1.807, 2.05) is 52.8 Å². The summed E-state index contributed by atoms with van der Waals surface area (Å²) in [5.41, 5.74) is 3.96. The van der Waals surface area contributed by atoms with Crippen LogP contribution >= 0.6 is 0 Å². The molecule has 218 valence electrons. The van der Waals surface area contributed by atoms with E-state index in [9.17, 15) is 25.9 Å². The van der Waals surface area contributed by atoms with Crippen LogP contribution in [0.4, 0.5) is 11.4 Å². The van der Waals surface area contributed by atoms with Gasteiger partial charge in [0.25, 0.3) is 0 Å². The first-order valence-electron chi connectivity index (χ1n) is 13.5. The fourth-order valence-electron chi connectivity index (χ4n) is 5.93. The van der Waals surface area contributed by atoms with Gasteiger partial charge in [0.2, 0.25) is 5.69 Å². The molecule has 2 aliphatic rings. The van der Waals surface area contributed by atoms with Gasteiger partial charge in [-0.1, -0.05) is 19.9 Å². The minimum absolute atomic E-state index is 0. The molecule has 0 radical (unpaired) electrons. The summed E-state index contributed by atoms with van der Waals surface area (Å²) in [6, 6.07) is 9.02. The Balaban J connectivity index is 0.00000484. The fraction of sp³-hybridized carbons (Fsp3) is 0.387. The summed E-state index contributed by atoms with van der Waals surface area (Å²) in [6.07, 6.45) is 13.7. The van der Waals surface area contributed by atoms with Crippen LogP contribution < -0.4 is 56.3 Å². The van der Waals surface area contributed by atoms with Crippen LogP contribution in [0.15, 0.2) is 70.1 Å². The number of allylic oxidation sites excluding steroid dienone is 4. The Labute approximate surface area is 292 Å². The maximum atomic E-state index is 11.8. The molecule has 0 aliphatic carbocycles. The Hall–Kier alpha value is -1.59. The van der Waals surface area contributed by atoms with Crippen LogP contribution in [0.25, 0.3) is 0 Å². The Morgan fingerprint density at radius 2 is 1.52 bits per heavy atom. The number of fused-ring (bicyclic) bond motifs is 2. The van der Waals surface area contributed by atoms with Gasteiger partial charge in [-0.15, -0.1) is 12.3 Å². The molecule has 0 unspecified atom stereocenters. The van der Waals surface area contributed by atoms with Crippen LogP contribution in [0.3, 0.4) is 0 Å². The summed E-state index contributed by atoms with van der Waals surface area (Å²) in [5, 5.41) is 0. The van der Waals surface area contributed by atoms with Gasteiger partial charge < -0.3 is 14.0 Å². The van der Waals surface area contributed by atoms with E-state index in [4.69, 9.17) is 6.42 Å². The molecule has 0 spiro atoms. The van der Waals surface area contributed by atoms with Gasteiger partial charge in [-0.05, 0) is 69.2 Å². The molecule has 2 aromatic carbocycles. The zero-order valence-corrected chi connectivity index (χ0v) is 29.7. The Bertz CT molecular complexity index is 1750. The number of nitrogens with zero attached hydrogens (tertiary/aromatic N) is 2. The van der Waals surface area contributed by atoms with Crippen molar-refractivity contribution in [3.05, 3.63) is 71.5 Å². The number of benzene rings is 2. The smallest absolute Gasteiger partial charge is 0.744 e. The molecule has 2 heterocycles. The molecular formula is C31H35KN2O6S2. The van der Waals surface area contributed by atoms with Gasteiger partial charge in [-0.25, -0.2) is 16.8 Å². The average molecular weight is 635 g/mol. The number of anilines is 1. The number of rotatable bonds is 9. The van der Waals surface area contributed by atoms with E-state index >= 15 is 0 Å². The van der Waals surface area contributed by atoms with E-state index in [2.05, 4.69) is 15.4 Å². The van der Waals surface area contributed by atoms with E-state index in [-0.39, 0.29) is 61.2 Å². The third-order valence-electron chi connectivity index (χ3n) is 8.08. The van der Waals surface area contributed by atoms with Crippen molar-refractivity contribution in [2.75, 3.05) is 18.0 Å². The molecule has 0 amide bonds. The van der Waals surface area contributed by atoms with Crippen molar-refractivity contribution in [1.82, 2.24) is 0 Å². The Morgan fingerprint density at radius 3 is 2.10 bits per heavy atom. The summed E-state index contributed by atoms with van der Waals surface area (Å²) >= 11 is 0. The summed E-state index contributed by atoms with van der Waals surface area (Å²) in [6.45, 7) is 11.3. The molecule has 0 aromatic heterocycles. The number of terminal acetylenes is 1. The molecule has 0 bridgehead atoms. The van der Waals surface area contributed by atoms with Crippen molar-refractivity contribution in [3.63, 3.8) is 0 Å². The van der Waals surface area contributed by atoms with Crippen LogP contribution in [0.5, 0.6) is 0 Å². The van der Waals surface area contributed by atoms with Crippen molar-refractivity contribution in [2.45, 2.75) is 74.5 Å². The largest absolute Gasteiger partial charge is 1.00 e. The van der Waals surface area contributed by atoms with Crippen molar-refractivity contribution in [1.29, 1.82) is 0 Å². The third kappa shape index (κ3) is 6.58.